The third-order valence-corrected chi connectivity index (χ3v) is 6.21. The number of benzene rings is 1. The normalized spacial score (nSPS) is 21.0. The average Bonchev–Trinajstić information content (AvgIpc) is 3.23. The summed E-state index contributed by atoms with van der Waals surface area (Å²) in [6.45, 7) is 4.04. The maximum Gasteiger partial charge on any atom is 0.303 e. The van der Waals surface area contributed by atoms with Crippen LogP contribution in [0.2, 0.25) is 0 Å². The third-order valence-electron chi connectivity index (χ3n) is 5.10. The second-order valence-electron chi connectivity index (χ2n) is 7.28. The molecule has 2 N–H and O–H groups in total. The van der Waals surface area contributed by atoms with Crippen LogP contribution in [-0.2, 0) is 9.59 Å². The van der Waals surface area contributed by atoms with Gasteiger partial charge in [0.05, 0.1) is 10.2 Å². The van der Waals surface area contributed by atoms with E-state index in [4.69, 9.17) is 5.11 Å². The minimum atomic E-state index is -0.817. The van der Waals surface area contributed by atoms with E-state index in [-0.39, 0.29) is 24.0 Å². The summed E-state index contributed by atoms with van der Waals surface area (Å²) in [6, 6.07) is 7.76. The van der Waals surface area contributed by atoms with Crippen LogP contribution in [0.25, 0.3) is 10.2 Å². The van der Waals surface area contributed by atoms with E-state index in [1.165, 1.54) is 11.3 Å². The lowest BCUT2D eigenvalue weighted by Crippen LogP contribution is -2.13. The van der Waals surface area contributed by atoms with E-state index in [9.17, 15) is 14.7 Å². The molecule has 3 rings (SSSR count). The Morgan fingerprint density at radius 1 is 1.34 bits per heavy atom. The summed E-state index contributed by atoms with van der Waals surface area (Å²) < 4.78 is 1.03. The largest absolute Gasteiger partial charge is 0.481 e. The topological polar surface area (TPSA) is 87.5 Å². The first kappa shape index (κ1) is 21.1. The molecule has 29 heavy (non-hydrogen) atoms. The highest BCUT2D eigenvalue weighted by molar-refractivity contribution is 7.18. The fourth-order valence-corrected chi connectivity index (χ4v) is 4.49. The van der Waals surface area contributed by atoms with Gasteiger partial charge in [-0.1, -0.05) is 48.6 Å². The Morgan fingerprint density at radius 3 is 2.90 bits per heavy atom. The SMILES string of the molecule is C=C1CC(=O)[C@H](CC=CCCCC(=O)O)[C@H]1C=CC(O)c1nc2ccccc2s1. The summed E-state index contributed by atoms with van der Waals surface area (Å²) in [7, 11) is 0. The number of allylic oxidation sites excluding steroid dienone is 4. The highest BCUT2D eigenvalue weighted by Gasteiger charge is 2.35. The number of unbranched alkanes of at least 4 members (excludes halogenated alkanes) is 1. The van der Waals surface area contributed by atoms with Crippen LogP contribution in [-0.4, -0.2) is 26.9 Å². The van der Waals surface area contributed by atoms with Crippen molar-refractivity contribution in [1.82, 2.24) is 4.98 Å². The lowest BCUT2D eigenvalue weighted by molar-refractivity contribution is -0.137. The van der Waals surface area contributed by atoms with Gasteiger partial charge in [0, 0.05) is 24.7 Å². The molecule has 1 fully saturated rings. The molecule has 0 spiro atoms. The molecule has 1 aliphatic rings. The first-order chi connectivity index (χ1) is 14.0. The van der Waals surface area contributed by atoms with Crippen molar-refractivity contribution in [3.8, 4) is 0 Å². The van der Waals surface area contributed by atoms with Gasteiger partial charge in [-0.25, -0.2) is 4.98 Å². The molecule has 5 nitrogen and oxygen atoms in total. The molecular formula is C23H25NO4S. The summed E-state index contributed by atoms with van der Waals surface area (Å²) >= 11 is 1.46. The number of para-hydroxylation sites is 1. The van der Waals surface area contributed by atoms with Crippen LogP contribution in [0.4, 0.5) is 0 Å². The first-order valence-corrected chi connectivity index (χ1v) is 10.6. The number of aliphatic carboxylic acids is 1. The lowest BCUT2D eigenvalue weighted by atomic mass is 9.89. The van der Waals surface area contributed by atoms with Gasteiger partial charge in [0.25, 0.3) is 0 Å². The van der Waals surface area contributed by atoms with E-state index in [2.05, 4.69) is 11.6 Å². The number of carbonyl (C=O) groups is 2. The van der Waals surface area contributed by atoms with Crippen LogP contribution in [0.3, 0.4) is 0 Å². The van der Waals surface area contributed by atoms with Crippen LogP contribution in [0, 0.1) is 11.8 Å². The number of hydrogen-bond donors (Lipinski definition) is 2. The Kier molecular flexibility index (Phi) is 7.12. The Hall–Kier alpha value is -2.57. The summed E-state index contributed by atoms with van der Waals surface area (Å²) in [6.07, 6.45) is 9.05. The quantitative estimate of drug-likeness (QED) is 0.455. The van der Waals surface area contributed by atoms with Crippen molar-refractivity contribution in [1.29, 1.82) is 0 Å². The molecule has 0 bridgehead atoms. The minimum absolute atomic E-state index is 0.102. The van der Waals surface area contributed by atoms with Crippen LogP contribution in [0.1, 0.15) is 43.2 Å². The summed E-state index contributed by atoms with van der Waals surface area (Å²) in [5.41, 5.74) is 1.73. The fourth-order valence-electron chi connectivity index (χ4n) is 3.56. The zero-order valence-electron chi connectivity index (χ0n) is 16.2. The number of rotatable bonds is 9. The number of ketones is 1. The van der Waals surface area contributed by atoms with E-state index in [0.717, 1.165) is 15.8 Å². The molecule has 0 radical (unpaired) electrons. The van der Waals surface area contributed by atoms with Crippen molar-refractivity contribution in [3.63, 3.8) is 0 Å². The Balaban J connectivity index is 1.62. The van der Waals surface area contributed by atoms with Gasteiger partial charge in [0.2, 0.25) is 0 Å². The van der Waals surface area contributed by atoms with Crippen molar-refractivity contribution >= 4 is 33.3 Å². The summed E-state index contributed by atoms with van der Waals surface area (Å²) in [5, 5.41) is 19.8. The number of Topliss-reactive ketones (excluding diaryl/α,β-unsaturated/α-hetero) is 1. The van der Waals surface area contributed by atoms with E-state index < -0.39 is 12.1 Å². The van der Waals surface area contributed by atoms with Crippen LogP contribution >= 0.6 is 11.3 Å². The Bertz CT molecular complexity index is 926. The van der Waals surface area contributed by atoms with Crippen molar-refractivity contribution < 1.29 is 19.8 Å². The van der Waals surface area contributed by atoms with Crippen LogP contribution < -0.4 is 0 Å². The highest BCUT2D eigenvalue weighted by atomic mass is 32.1. The molecule has 1 aromatic heterocycles. The summed E-state index contributed by atoms with van der Waals surface area (Å²) in [5.74, 6) is -0.917. The third kappa shape index (κ3) is 5.49. The smallest absolute Gasteiger partial charge is 0.303 e. The molecule has 1 heterocycles. The maximum absolute atomic E-state index is 12.4. The fraction of sp³-hybridized carbons (Fsp3) is 0.348. The maximum atomic E-state index is 12.4. The molecule has 1 aromatic carbocycles. The molecule has 0 saturated heterocycles. The lowest BCUT2D eigenvalue weighted by Gasteiger charge is -2.14. The molecule has 3 atom stereocenters. The molecule has 1 aliphatic carbocycles. The first-order valence-electron chi connectivity index (χ1n) is 9.74. The van der Waals surface area contributed by atoms with Crippen LogP contribution in [0.5, 0.6) is 0 Å². The van der Waals surface area contributed by atoms with Gasteiger partial charge in [0.1, 0.15) is 16.9 Å². The molecule has 0 aliphatic heterocycles. The Morgan fingerprint density at radius 2 is 2.14 bits per heavy atom. The number of fused-ring (bicyclic) bond motifs is 1. The number of aliphatic hydroxyl groups is 1. The monoisotopic (exact) mass is 411 g/mol. The number of aliphatic hydroxyl groups excluding tert-OH is 1. The van der Waals surface area contributed by atoms with Crippen molar-refractivity contribution in [3.05, 3.63) is 65.7 Å². The molecule has 1 saturated carbocycles. The number of nitrogens with zero attached hydrogens (tertiary/aromatic N) is 1. The average molecular weight is 412 g/mol. The number of carboxylic acid groups (broad SMARTS) is 1. The molecule has 152 valence electrons. The molecule has 1 unspecified atom stereocenters. The van der Waals surface area contributed by atoms with Gasteiger partial charge < -0.3 is 10.2 Å². The van der Waals surface area contributed by atoms with Crippen molar-refractivity contribution in [2.45, 2.75) is 38.2 Å². The zero-order valence-corrected chi connectivity index (χ0v) is 17.0. The van der Waals surface area contributed by atoms with Gasteiger partial charge in [-0.15, -0.1) is 11.3 Å². The van der Waals surface area contributed by atoms with Gasteiger partial charge in [0.15, 0.2) is 0 Å². The molecular weight excluding hydrogens is 386 g/mol. The highest BCUT2D eigenvalue weighted by Crippen LogP contribution is 2.37. The molecule has 2 aromatic rings. The predicted octanol–water partition coefficient (Wildman–Crippen LogP) is 4.85. The number of carbonyl (C=O) groups excluding carboxylic acids is 1. The number of thiazole rings is 1. The second-order valence-corrected chi connectivity index (χ2v) is 8.34. The van der Waals surface area contributed by atoms with Crippen molar-refractivity contribution in [2.24, 2.45) is 11.8 Å². The van der Waals surface area contributed by atoms with E-state index in [1.54, 1.807) is 6.08 Å². The van der Waals surface area contributed by atoms with Crippen LogP contribution in [0.15, 0.2) is 60.7 Å². The van der Waals surface area contributed by atoms with Gasteiger partial charge in [-0.05, 0) is 31.4 Å². The van der Waals surface area contributed by atoms with Gasteiger partial charge in [-0.2, -0.15) is 0 Å². The number of hydrogen-bond acceptors (Lipinski definition) is 5. The van der Waals surface area contributed by atoms with E-state index in [1.807, 2.05) is 42.5 Å². The Labute approximate surface area is 174 Å². The van der Waals surface area contributed by atoms with Gasteiger partial charge >= 0.3 is 5.97 Å². The summed E-state index contributed by atoms with van der Waals surface area (Å²) in [4.78, 5) is 27.4. The zero-order chi connectivity index (χ0) is 20.8. The van der Waals surface area contributed by atoms with E-state index in [0.29, 0.717) is 30.7 Å². The standard InChI is InChI=1S/C23H25NO4S/c1-15-14-20(26)17(8-4-2-3-5-11-22(27)28)16(15)12-13-19(25)23-24-18-9-6-7-10-21(18)29-23/h2,4,6-7,9-10,12-13,16-17,19,25H,1,3,5,8,11,14H2,(H,27,28)/t16-,17+,19?/m0/s1. The number of aromatic nitrogens is 1. The number of carboxylic acids is 1. The van der Waals surface area contributed by atoms with Crippen molar-refractivity contribution in [2.75, 3.05) is 0 Å². The minimum Gasteiger partial charge on any atom is -0.481 e. The second kappa shape index (κ2) is 9.76. The predicted molar refractivity (Wildman–Crippen MR) is 115 cm³/mol. The van der Waals surface area contributed by atoms with Gasteiger partial charge in [-0.3, -0.25) is 9.59 Å². The van der Waals surface area contributed by atoms with E-state index >= 15 is 0 Å². The molecule has 0 amide bonds. The molecule has 6 heteroatoms.